The van der Waals surface area contributed by atoms with Crippen LogP contribution in [0, 0.1) is 0 Å². The fourth-order valence-electron chi connectivity index (χ4n) is 2.98. The van der Waals surface area contributed by atoms with E-state index in [0.29, 0.717) is 5.25 Å². The van der Waals surface area contributed by atoms with Gasteiger partial charge in [-0.1, -0.05) is 12.1 Å². The van der Waals surface area contributed by atoms with E-state index in [0.717, 1.165) is 18.6 Å². The van der Waals surface area contributed by atoms with Gasteiger partial charge in [-0.05, 0) is 51.2 Å². The quantitative estimate of drug-likeness (QED) is 0.778. The van der Waals surface area contributed by atoms with Crippen LogP contribution in [0.2, 0.25) is 0 Å². The number of Topliss-reactive ketones (excluding diaryl/α,β-unsaturated/α-hetero) is 1. The maximum absolute atomic E-state index is 11.4. The molecule has 0 bridgehead atoms. The Balaban J connectivity index is 1.67. The lowest BCUT2D eigenvalue weighted by Gasteiger charge is -2.47. The second-order valence-corrected chi connectivity index (χ2v) is 7.08. The molecule has 1 saturated carbocycles. The number of thioether (sulfide) groups is 1. The summed E-state index contributed by atoms with van der Waals surface area (Å²) in [7, 11) is 0. The number of rotatable bonds is 3. The number of carbonyl (C=O) groups is 1. The Morgan fingerprint density at radius 1 is 1.42 bits per heavy atom. The first-order valence-corrected chi connectivity index (χ1v) is 7.96. The fraction of sp³-hybridized carbons (Fsp3) is 0.562. The molecule has 102 valence electrons. The van der Waals surface area contributed by atoms with Crippen LogP contribution in [0.25, 0.3) is 0 Å². The standard InChI is InChI=1S/C16H20O2S/c1-12(17)13-4-2-5-14(10-13)19-15-6-9-18-16(11-15)7-3-8-16/h2,4-5,10,15H,3,6-9,11H2,1H3. The van der Waals surface area contributed by atoms with Crippen molar-refractivity contribution in [3.63, 3.8) is 0 Å². The molecule has 19 heavy (non-hydrogen) atoms. The molecule has 1 saturated heterocycles. The Bertz CT molecular complexity index is 479. The van der Waals surface area contributed by atoms with Gasteiger partial charge in [0.15, 0.2) is 5.78 Å². The fourth-order valence-corrected chi connectivity index (χ4v) is 4.32. The van der Waals surface area contributed by atoms with E-state index in [4.69, 9.17) is 4.74 Å². The predicted octanol–water partition coefficient (Wildman–Crippen LogP) is 4.08. The summed E-state index contributed by atoms with van der Waals surface area (Å²) in [5.74, 6) is 0.143. The highest BCUT2D eigenvalue weighted by molar-refractivity contribution is 8.00. The van der Waals surface area contributed by atoms with E-state index < -0.39 is 0 Å². The van der Waals surface area contributed by atoms with E-state index in [1.54, 1.807) is 6.92 Å². The van der Waals surface area contributed by atoms with Crippen molar-refractivity contribution in [2.75, 3.05) is 6.61 Å². The molecule has 1 heterocycles. The zero-order valence-electron chi connectivity index (χ0n) is 11.4. The predicted molar refractivity (Wildman–Crippen MR) is 77.9 cm³/mol. The summed E-state index contributed by atoms with van der Waals surface area (Å²) in [4.78, 5) is 12.6. The monoisotopic (exact) mass is 276 g/mol. The molecule has 3 rings (SSSR count). The molecular formula is C16H20O2S. The van der Waals surface area contributed by atoms with E-state index in [1.807, 2.05) is 30.0 Å². The van der Waals surface area contributed by atoms with E-state index in [1.165, 1.54) is 30.6 Å². The molecule has 0 amide bonds. The summed E-state index contributed by atoms with van der Waals surface area (Å²) in [5.41, 5.74) is 1.02. The third-order valence-corrected chi connectivity index (χ3v) is 5.52. The maximum Gasteiger partial charge on any atom is 0.159 e. The molecule has 1 spiro atoms. The molecule has 1 aromatic rings. The zero-order chi connectivity index (χ0) is 13.3. The van der Waals surface area contributed by atoms with Gasteiger partial charge in [-0.2, -0.15) is 0 Å². The number of benzene rings is 1. The molecule has 3 heteroatoms. The molecule has 2 aliphatic rings. The summed E-state index contributed by atoms with van der Waals surface area (Å²) < 4.78 is 5.96. The van der Waals surface area contributed by atoms with Crippen LogP contribution in [0.4, 0.5) is 0 Å². The second kappa shape index (κ2) is 5.29. The van der Waals surface area contributed by atoms with Crippen molar-refractivity contribution in [1.82, 2.24) is 0 Å². The zero-order valence-corrected chi connectivity index (χ0v) is 12.2. The molecule has 1 unspecified atom stereocenters. The third kappa shape index (κ3) is 2.87. The molecule has 1 aromatic carbocycles. The first-order valence-electron chi connectivity index (χ1n) is 7.09. The molecule has 1 aliphatic heterocycles. The Morgan fingerprint density at radius 2 is 2.26 bits per heavy atom. The summed E-state index contributed by atoms with van der Waals surface area (Å²) in [6.07, 6.45) is 6.07. The van der Waals surface area contributed by atoms with Crippen molar-refractivity contribution in [2.45, 2.75) is 54.8 Å². The average Bonchev–Trinajstić information content (AvgIpc) is 2.37. The number of hydrogen-bond acceptors (Lipinski definition) is 3. The van der Waals surface area contributed by atoms with Crippen LogP contribution in [0.1, 0.15) is 49.4 Å². The normalized spacial score (nSPS) is 25.0. The van der Waals surface area contributed by atoms with Gasteiger partial charge >= 0.3 is 0 Å². The lowest BCUT2D eigenvalue weighted by Crippen LogP contribution is -2.46. The van der Waals surface area contributed by atoms with Crippen LogP contribution in [0.15, 0.2) is 29.2 Å². The lowest BCUT2D eigenvalue weighted by atomic mass is 9.75. The first kappa shape index (κ1) is 13.2. The minimum absolute atomic E-state index is 0.143. The van der Waals surface area contributed by atoms with Gasteiger partial charge in [0, 0.05) is 22.3 Å². The molecular weight excluding hydrogens is 256 g/mol. The van der Waals surface area contributed by atoms with Crippen molar-refractivity contribution in [3.8, 4) is 0 Å². The van der Waals surface area contributed by atoms with Crippen molar-refractivity contribution < 1.29 is 9.53 Å². The molecule has 1 atom stereocenters. The third-order valence-electron chi connectivity index (χ3n) is 4.26. The van der Waals surface area contributed by atoms with Gasteiger partial charge in [-0.15, -0.1) is 11.8 Å². The highest BCUT2D eigenvalue weighted by Gasteiger charge is 2.42. The second-order valence-electron chi connectivity index (χ2n) is 5.70. The van der Waals surface area contributed by atoms with Gasteiger partial charge in [0.2, 0.25) is 0 Å². The molecule has 0 N–H and O–H groups in total. The van der Waals surface area contributed by atoms with E-state index in [2.05, 4.69) is 6.07 Å². The summed E-state index contributed by atoms with van der Waals surface area (Å²) in [6, 6.07) is 8.01. The summed E-state index contributed by atoms with van der Waals surface area (Å²) >= 11 is 1.92. The van der Waals surface area contributed by atoms with E-state index >= 15 is 0 Å². The van der Waals surface area contributed by atoms with Crippen LogP contribution < -0.4 is 0 Å². The van der Waals surface area contributed by atoms with E-state index in [9.17, 15) is 4.79 Å². The lowest BCUT2D eigenvalue weighted by molar-refractivity contribution is -0.125. The van der Waals surface area contributed by atoms with Crippen molar-refractivity contribution >= 4 is 17.5 Å². The Kier molecular flexibility index (Phi) is 3.68. The molecule has 2 fully saturated rings. The van der Waals surface area contributed by atoms with Crippen LogP contribution >= 0.6 is 11.8 Å². The molecule has 0 aromatic heterocycles. The number of ketones is 1. The smallest absolute Gasteiger partial charge is 0.159 e. The minimum Gasteiger partial charge on any atom is -0.375 e. The van der Waals surface area contributed by atoms with Gasteiger partial charge < -0.3 is 4.74 Å². The van der Waals surface area contributed by atoms with Crippen molar-refractivity contribution in [3.05, 3.63) is 29.8 Å². The van der Waals surface area contributed by atoms with Gasteiger partial charge in [0.1, 0.15) is 0 Å². The SMILES string of the molecule is CC(=O)c1cccc(SC2CCOC3(CCC3)C2)c1. The Hall–Kier alpha value is -0.800. The molecule has 1 aliphatic carbocycles. The number of ether oxygens (including phenoxy) is 1. The highest BCUT2D eigenvalue weighted by Crippen LogP contribution is 2.46. The first-order chi connectivity index (χ1) is 9.17. The number of carbonyl (C=O) groups excluding carboxylic acids is 1. The average molecular weight is 276 g/mol. The minimum atomic E-state index is 0.143. The van der Waals surface area contributed by atoms with Crippen LogP contribution in [-0.4, -0.2) is 23.2 Å². The maximum atomic E-state index is 11.4. The van der Waals surface area contributed by atoms with Crippen molar-refractivity contribution in [2.24, 2.45) is 0 Å². The Labute approximate surface area is 118 Å². The van der Waals surface area contributed by atoms with Crippen LogP contribution in [0.5, 0.6) is 0 Å². The Morgan fingerprint density at radius 3 is 2.95 bits per heavy atom. The topological polar surface area (TPSA) is 26.3 Å². The number of hydrogen-bond donors (Lipinski definition) is 0. The van der Waals surface area contributed by atoms with Crippen LogP contribution in [-0.2, 0) is 4.74 Å². The largest absolute Gasteiger partial charge is 0.375 e. The van der Waals surface area contributed by atoms with Gasteiger partial charge in [-0.3, -0.25) is 4.79 Å². The van der Waals surface area contributed by atoms with Gasteiger partial charge in [-0.25, -0.2) is 0 Å². The molecule has 2 nitrogen and oxygen atoms in total. The van der Waals surface area contributed by atoms with Gasteiger partial charge in [0.25, 0.3) is 0 Å². The van der Waals surface area contributed by atoms with Crippen molar-refractivity contribution in [1.29, 1.82) is 0 Å². The highest BCUT2D eigenvalue weighted by atomic mass is 32.2. The van der Waals surface area contributed by atoms with E-state index in [-0.39, 0.29) is 11.4 Å². The van der Waals surface area contributed by atoms with Gasteiger partial charge in [0.05, 0.1) is 5.60 Å². The van der Waals surface area contributed by atoms with Crippen LogP contribution in [0.3, 0.4) is 0 Å². The summed E-state index contributed by atoms with van der Waals surface area (Å²) in [6.45, 7) is 2.52. The molecule has 0 radical (unpaired) electrons. The summed E-state index contributed by atoms with van der Waals surface area (Å²) in [5, 5.41) is 0.635.